The molecule has 2 N–H and O–H groups in total. The summed E-state index contributed by atoms with van der Waals surface area (Å²) in [5, 5.41) is 21.2. The first-order valence-corrected chi connectivity index (χ1v) is 12.5. The molecule has 3 aromatic rings. The van der Waals surface area contributed by atoms with Gasteiger partial charge in [0.05, 0.1) is 29.6 Å². The predicted octanol–water partition coefficient (Wildman–Crippen LogP) is 5.49. The van der Waals surface area contributed by atoms with Crippen molar-refractivity contribution in [2.45, 2.75) is 31.8 Å². The summed E-state index contributed by atoms with van der Waals surface area (Å²) in [6.07, 6.45) is 1.78. The van der Waals surface area contributed by atoms with Gasteiger partial charge in [-0.3, -0.25) is 19.8 Å². The number of Topliss-reactive ketones (excluding diaryl/α,β-unsaturated/α-hetero) is 1. The Morgan fingerprint density at radius 2 is 1.85 bits per heavy atom. The van der Waals surface area contributed by atoms with E-state index in [1.54, 1.807) is 13.2 Å². The zero-order valence-corrected chi connectivity index (χ0v) is 21.3. The number of nitriles is 1. The number of hydrogen-bond donors (Lipinski definition) is 1. The number of nitrogens with two attached hydrogens (primary N) is 1. The third-order valence-corrected chi connectivity index (χ3v) is 7.01. The van der Waals surface area contributed by atoms with Gasteiger partial charge < -0.3 is 15.2 Å². The van der Waals surface area contributed by atoms with Crippen LogP contribution in [0.5, 0.6) is 11.5 Å². The third kappa shape index (κ3) is 4.80. The standard InChI is InChI=1S/C30H26N4O5/c1-38-27-15-10-19(16-20(27)18-39-23-13-11-22(12-14-23)34(36)37)28-24(17-31)30(32)33(21-6-3-2-4-7-21)25-8-5-9-26(35)29(25)28/h2-4,6-7,10-16,28H,5,8-9,18,32H2,1H3. The fraction of sp³-hybridized carbons (Fsp3) is 0.200. The van der Waals surface area contributed by atoms with E-state index < -0.39 is 10.8 Å². The van der Waals surface area contributed by atoms with E-state index in [2.05, 4.69) is 6.07 Å². The van der Waals surface area contributed by atoms with Crippen molar-refractivity contribution in [3.8, 4) is 17.6 Å². The summed E-state index contributed by atoms with van der Waals surface area (Å²) < 4.78 is 11.4. The molecule has 196 valence electrons. The summed E-state index contributed by atoms with van der Waals surface area (Å²) in [5.74, 6) is 0.714. The van der Waals surface area contributed by atoms with Crippen molar-refractivity contribution in [1.82, 2.24) is 0 Å². The van der Waals surface area contributed by atoms with Crippen molar-refractivity contribution in [3.63, 3.8) is 0 Å². The van der Waals surface area contributed by atoms with E-state index in [1.807, 2.05) is 47.4 Å². The van der Waals surface area contributed by atoms with Crippen LogP contribution < -0.4 is 20.1 Å². The van der Waals surface area contributed by atoms with Crippen molar-refractivity contribution in [3.05, 3.63) is 117 Å². The van der Waals surface area contributed by atoms with Crippen LogP contribution in [-0.4, -0.2) is 17.8 Å². The Hall–Kier alpha value is -5.10. The quantitative estimate of drug-likeness (QED) is 0.318. The van der Waals surface area contributed by atoms with Gasteiger partial charge in [0.15, 0.2) is 5.78 Å². The Kier molecular flexibility index (Phi) is 7.02. The van der Waals surface area contributed by atoms with Crippen LogP contribution in [0.4, 0.5) is 11.4 Å². The van der Waals surface area contributed by atoms with E-state index in [9.17, 15) is 20.2 Å². The Labute approximate surface area is 225 Å². The average Bonchev–Trinajstić information content (AvgIpc) is 2.96. The Morgan fingerprint density at radius 1 is 1.10 bits per heavy atom. The number of nitro groups is 1. The topological polar surface area (TPSA) is 132 Å². The number of ether oxygens (including phenoxy) is 2. The van der Waals surface area contributed by atoms with E-state index in [0.29, 0.717) is 53.3 Å². The highest BCUT2D eigenvalue weighted by Crippen LogP contribution is 2.46. The van der Waals surface area contributed by atoms with E-state index >= 15 is 0 Å². The maximum Gasteiger partial charge on any atom is 0.269 e. The molecule has 0 amide bonds. The molecule has 0 spiro atoms. The molecule has 5 rings (SSSR count). The average molecular weight is 523 g/mol. The minimum absolute atomic E-state index is 0.00179. The molecule has 0 radical (unpaired) electrons. The number of nitro benzene ring substituents is 1. The molecule has 2 aliphatic rings. The van der Waals surface area contributed by atoms with Gasteiger partial charge in [0.25, 0.3) is 5.69 Å². The molecule has 0 fully saturated rings. The number of carbonyl (C=O) groups is 1. The molecule has 1 aliphatic heterocycles. The number of ketones is 1. The van der Waals surface area contributed by atoms with E-state index in [1.165, 1.54) is 24.3 Å². The molecule has 0 saturated heterocycles. The second-order valence-electron chi connectivity index (χ2n) is 9.26. The molecule has 0 saturated carbocycles. The lowest BCUT2D eigenvalue weighted by atomic mass is 9.75. The minimum Gasteiger partial charge on any atom is -0.496 e. The molecule has 9 heteroatoms. The smallest absolute Gasteiger partial charge is 0.269 e. The number of hydrogen-bond acceptors (Lipinski definition) is 8. The van der Waals surface area contributed by atoms with E-state index in [-0.39, 0.29) is 18.1 Å². The zero-order chi connectivity index (χ0) is 27.5. The number of para-hydroxylation sites is 1. The third-order valence-electron chi connectivity index (χ3n) is 7.01. The number of non-ortho nitro benzene ring substituents is 1. The van der Waals surface area contributed by atoms with E-state index in [0.717, 1.165) is 16.9 Å². The predicted molar refractivity (Wildman–Crippen MR) is 145 cm³/mol. The van der Waals surface area contributed by atoms with Gasteiger partial charge >= 0.3 is 0 Å². The fourth-order valence-corrected chi connectivity index (χ4v) is 5.21. The van der Waals surface area contributed by atoms with Crippen molar-refractivity contribution >= 4 is 17.2 Å². The highest BCUT2D eigenvalue weighted by molar-refractivity contribution is 6.01. The van der Waals surface area contributed by atoms with Crippen LogP contribution in [0.2, 0.25) is 0 Å². The van der Waals surface area contributed by atoms with Gasteiger partial charge in [0.1, 0.15) is 23.9 Å². The maximum atomic E-state index is 13.4. The Bertz CT molecular complexity index is 1540. The van der Waals surface area contributed by atoms with Crippen LogP contribution >= 0.6 is 0 Å². The molecule has 0 aromatic heterocycles. The largest absolute Gasteiger partial charge is 0.496 e. The highest BCUT2D eigenvalue weighted by atomic mass is 16.6. The van der Waals surface area contributed by atoms with Crippen LogP contribution in [0.15, 0.2) is 95.5 Å². The summed E-state index contributed by atoms with van der Waals surface area (Å²) in [5.41, 5.74) is 10.6. The van der Waals surface area contributed by atoms with Gasteiger partial charge in [-0.05, 0) is 54.8 Å². The molecule has 1 atom stereocenters. The summed E-state index contributed by atoms with van der Waals surface area (Å²) in [6, 6.07) is 23.1. The highest BCUT2D eigenvalue weighted by Gasteiger charge is 2.40. The molecule has 3 aromatic carbocycles. The van der Waals surface area contributed by atoms with Gasteiger partial charge in [-0.2, -0.15) is 5.26 Å². The maximum absolute atomic E-state index is 13.4. The molecule has 9 nitrogen and oxygen atoms in total. The lowest BCUT2D eigenvalue weighted by Crippen LogP contribution is -2.38. The monoisotopic (exact) mass is 522 g/mol. The first kappa shape index (κ1) is 25.5. The fourth-order valence-electron chi connectivity index (χ4n) is 5.21. The van der Waals surface area contributed by atoms with Crippen molar-refractivity contribution in [1.29, 1.82) is 5.26 Å². The van der Waals surface area contributed by atoms with Gasteiger partial charge in [-0.1, -0.05) is 24.3 Å². The van der Waals surface area contributed by atoms with E-state index in [4.69, 9.17) is 15.2 Å². The molecular weight excluding hydrogens is 496 g/mol. The van der Waals surface area contributed by atoms with Crippen LogP contribution in [0.25, 0.3) is 0 Å². The Morgan fingerprint density at radius 3 is 2.51 bits per heavy atom. The number of allylic oxidation sites excluding steroid dienone is 3. The molecule has 0 bridgehead atoms. The molecule has 39 heavy (non-hydrogen) atoms. The van der Waals surface area contributed by atoms with Gasteiger partial charge in [-0.25, -0.2) is 0 Å². The number of nitrogens with zero attached hydrogens (tertiary/aromatic N) is 3. The lowest BCUT2D eigenvalue weighted by Gasteiger charge is -2.39. The number of rotatable bonds is 7. The first-order valence-electron chi connectivity index (χ1n) is 12.5. The zero-order valence-electron chi connectivity index (χ0n) is 21.3. The van der Waals surface area contributed by atoms with Crippen LogP contribution in [0.1, 0.15) is 36.3 Å². The van der Waals surface area contributed by atoms with Crippen molar-refractivity contribution in [2.75, 3.05) is 12.0 Å². The second kappa shape index (κ2) is 10.7. The number of carbonyl (C=O) groups excluding carboxylic acids is 1. The van der Waals surface area contributed by atoms with Crippen LogP contribution in [0.3, 0.4) is 0 Å². The first-order chi connectivity index (χ1) is 18.9. The number of benzene rings is 3. The SMILES string of the molecule is COc1ccc(C2C(C#N)=C(N)N(c3ccccc3)C3=C2C(=O)CCC3)cc1COc1ccc([N+](=O)[O-])cc1. The molecule has 1 heterocycles. The van der Waals surface area contributed by atoms with Gasteiger partial charge in [0, 0.05) is 41.1 Å². The number of anilines is 1. The molecule has 1 unspecified atom stereocenters. The molecule has 1 aliphatic carbocycles. The lowest BCUT2D eigenvalue weighted by molar-refractivity contribution is -0.384. The van der Waals surface area contributed by atoms with Crippen molar-refractivity contribution < 1.29 is 19.2 Å². The summed E-state index contributed by atoms with van der Waals surface area (Å²) in [7, 11) is 1.55. The number of methoxy groups -OCH3 is 1. The van der Waals surface area contributed by atoms with Gasteiger partial charge in [0.2, 0.25) is 0 Å². The summed E-state index contributed by atoms with van der Waals surface area (Å²) >= 11 is 0. The summed E-state index contributed by atoms with van der Waals surface area (Å²) in [6.45, 7) is 0.110. The second-order valence-corrected chi connectivity index (χ2v) is 9.26. The van der Waals surface area contributed by atoms with Crippen molar-refractivity contribution in [2.24, 2.45) is 5.73 Å². The van der Waals surface area contributed by atoms with Gasteiger partial charge in [-0.15, -0.1) is 0 Å². The Balaban J connectivity index is 1.55. The molecular formula is C30H26N4O5. The van der Waals surface area contributed by atoms with Crippen LogP contribution in [-0.2, 0) is 11.4 Å². The minimum atomic E-state index is -0.623. The van der Waals surface area contributed by atoms with Crippen LogP contribution in [0, 0.1) is 21.4 Å². The summed E-state index contributed by atoms with van der Waals surface area (Å²) in [4.78, 5) is 25.7. The normalized spacial score (nSPS) is 17.0.